The molecule has 0 N–H and O–H groups in total. The summed E-state index contributed by atoms with van der Waals surface area (Å²) in [5.74, 6) is 0. The molecule has 0 amide bonds. The fourth-order valence-corrected chi connectivity index (χ4v) is 3.55. The maximum atomic E-state index is 11.0. The Kier molecular flexibility index (Phi) is 5.25. The van der Waals surface area contributed by atoms with Crippen LogP contribution in [-0.4, -0.2) is 36.0 Å². The molecular formula is C19H22ClN3O2. The Balaban J connectivity index is 1.68. The van der Waals surface area contributed by atoms with Crippen molar-refractivity contribution in [2.24, 2.45) is 0 Å². The van der Waals surface area contributed by atoms with E-state index in [9.17, 15) is 10.1 Å². The molecule has 0 aromatic heterocycles. The van der Waals surface area contributed by atoms with Crippen LogP contribution in [0, 0.1) is 17.0 Å². The van der Waals surface area contributed by atoms with E-state index < -0.39 is 0 Å². The monoisotopic (exact) mass is 359 g/mol. The Bertz CT molecular complexity index is 773. The third-order valence-corrected chi connectivity index (χ3v) is 5.17. The second kappa shape index (κ2) is 7.42. The van der Waals surface area contributed by atoms with Crippen molar-refractivity contribution in [1.82, 2.24) is 4.90 Å². The Morgan fingerprint density at radius 1 is 1.12 bits per heavy atom. The average molecular weight is 360 g/mol. The highest BCUT2D eigenvalue weighted by molar-refractivity contribution is 6.30. The first-order valence-electron chi connectivity index (χ1n) is 8.45. The molecule has 1 aliphatic heterocycles. The Labute approximate surface area is 153 Å². The van der Waals surface area contributed by atoms with Crippen LogP contribution >= 0.6 is 11.6 Å². The number of non-ortho nitro benzene ring substituents is 1. The summed E-state index contributed by atoms with van der Waals surface area (Å²) in [5.41, 5.74) is 3.55. The number of piperazine rings is 1. The third-order valence-electron chi connectivity index (χ3n) is 4.94. The molecule has 25 heavy (non-hydrogen) atoms. The van der Waals surface area contributed by atoms with Crippen molar-refractivity contribution in [2.45, 2.75) is 19.9 Å². The smallest absolute Gasteiger partial charge is 0.269 e. The lowest BCUT2D eigenvalue weighted by Gasteiger charge is -2.39. The normalized spacial score (nSPS) is 16.7. The van der Waals surface area contributed by atoms with Gasteiger partial charge in [0.2, 0.25) is 0 Å². The first-order chi connectivity index (χ1) is 12.0. The van der Waals surface area contributed by atoms with Gasteiger partial charge in [-0.2, -0.15) is 0 Å². The van der Waals surface area contributed by atoms with Crippen molar-refractivity contribution in [1.29, 1.82) is 0 Å². The van der Waals surface area contributed by atoms with E-state index in [2.05, 4.69) is 29.7 Å². The summed E-state index contributed by atoms with van der Waals surface area (Å²) >= 11 is 6.14. The van der Waals surface area contributed by atoms with Crippen molar-refractivity contribution < 1.29 is 4.92 Å². The standard InChI is InChI=1S/C19H22ClN3O2/c1-14-6-7-17(20)13-19(14)22-10-8-21(9-11-22)15(2)16-4-3-5-18(12-16)23(24)25/h3-7,12-13,15H,8-11H2,1-2H3/t15-/m0/s1. The first-order valence-corrected chi connectivity index (χ1v) is 8.83. The summed E-state index contributed by atoms with van der Waals surface area (Å²) in [4.78, 5) is 15.4. The first kappa shape index (κ1) is 17.7. The minimum Gasteiger partial charge on any atom is -0.369 e. The van der Waals surface area contributed by atoms with Crippen LogP contribution in [0.4, 0.5) is 11.4 Å². The van der Waals surface area contributed by atoms with Gasteiger partial charge in [0.25, 0.3) is 5.69 Å². The molecule has 1 saturated heterocycles. The highest BCUT2D eigenvalue weighted by atomic mass is 35.5. The van der Waals surface area contributed by atoms with E-state index >= 15 is 0 Å². The second-order valence-electron chi connectivity index (χ2n) is 6.48. The van der Waals surface area contributed by atoms with Gasteiger partial charge in [0.05, 0.1) is 4.92 Å². The molecule has 132 valence electrons. The van der Waals surface area contributed by atoms with Crippen LogP contribution in [0.2, 0.25) is 5.02 Å². The van der Waals surface area contributed by atoms with Crippen molar-refractivity contribution in [2.75, 3.05) is 31.1 Å². The van der Waals surface area contributed by atoms with Gasteiger partial charge >= 0.3 is 0 Å². The molecule has 2 aromatic rings. The number of nitrogens with zero attached hydrogens (tertiary/aromatic N) is 3. The van der Waals surface area contributed by atoms with E-state index in [1.165, 1.54) is 17.3 Å². The van der Waals surface area contributed by atoms with Gasteiger partial charge in [-0.05, 0) is 37.1 Å². The molecule has 0 bridgehead atoms. The highest BCUT2D eigenvalue weighted by Crippen LogP contribution is 2.28. The minimum absolute atomic E-state index is 0.150. The van der Waals surface area contributed by atoms with E-state index in [1.54, 1.807) is 12.1 Å². The number of nitro benzene ring substituents is 1. The maximum absolute atomic E-state index is 11.0. The van der Waals surface area contributed by atoms with E-state index in [1.807, 2.05) is 18.2 Å². The Morgan fingerprint density at radius 3 is 2.52 bits per heavy atom. The van der Waals surface area contributed by atoms with E-state index in [-0.39, 0.29) is 16.7 Å². The molecule has 1 heterocycles. The number of aryl methyl sites for hydroxylation is 1. The molecule has 6 heteroatoms. The molecule has 3 rings (SSSR count). The molecule has 1 fully saturated rings. The predicted molar refractivity (Wildman–Crippen MR) is 101 cm³/mol. The molecule has 1 atom stereocenters. The van der Waals surface area contributed by atoms with Crippen LogP contribution in [0.25, 0.3) is 0 Å². The highest BCUT2D eigenvalue weighted by Gasteiger charge is 2.24. The summed E-state index contributed by atoms with van der Waals surface area (Å²) in [5, 5.41) is 11.7. The summed E-state index contributed by atoms with van der Waals surface area (Å²) < 4.78 is 0. The van der Waals surface area contributed by atoms with Gasteiger partial charge in [-0.15, -0.1) is 0 Å². The molecule has 1 aliphatic rings. The molecular weight excluding hydrogens is 338 g/mol. The molecule has 0 radical (unpaired) electrons. The van der Waals surface area contributed by atoms with E-state index in [0.717, 1.165) is 36.8 Å². The van der Waals surface area contributed by atoms with Gasteiger partial charge in [0, 0.05) is 55.1 Å². The van der Waals surface area contributed by atoms with Gasteiger partial charge in [0.15, 0.2) is 0 Å². The maximum Gasteiger partial charge on any atom is 0.269 e. The lowest BCUT2D eigenvalue weighted by Crippen LogP contribution is -2.47. The average Bonchev–Trinajstić information content (AvgIpc) is 2.63. The molecule has 0 aliphatic carbocycles. The Hall–Kier alpha value is -2.11. The number of benzene rings is 2. The number of nitro groups is 1. The van der Waals surface area contributed by atoms with Crippen LogP contribution in [0.1, 0.15) is 24.1 Å². The lowest BCUT2D eigenvalue weighted by atomic mass is 10.0. The third kappa shape index (κ3) is 3.94. The van der Waals surface area contributed by atoms with Gasteiger partial charge in [0.1, 0.15) is 0 Å². The quantitative estimate of drug-likeness (QED) is 0.598. The van der Waals surface area contributed by atoms with Crippen LogP contribution in [0.15, 0.2) is 42.5 Å². The fourth-order valence-electron chi connectivity index (χ4n) is 3.38. The number of rotatable bonds is 4. The number of halogens is 1. The zero-order chi connectivity index (χ0) is 18.0. The number of hydrogen-bond acceptors (Lipinski definition) is 4. The van der Waals surface area contributed by atoms with Crippen molar-refractivity contribution in [3.8, 4) is 0 Å². The van der Waals surface area contributed by atoms with Crippen molar-refractivity contribution >= 4 is 23.0 Å². The number of hydrogen-bond donors (Lipinski definition) is 0. The zero-order valence-electron chi connectivity index (χ0n) is 14.5. The van der Waals surface area contributed by atoms with Crippen LogP contribution in [0.3, 0.4) is 0 Å². The van der Waals surface area contributed by atoms with Crippen molar-refractivity contribution in [3.05, 3.63) is 68.7 Å². The molecule has 5 nitrogen and oxygen atoms in total. The summed E-state index contributed by atoms with van der Waals surface area (Å²) in [6, 6.07) is 13.1. The van der Waals surface area contributed by atoms with Gasteiger partial charge < -0.3 is 4.90 Å². The molecule has 0 saturated carbocycles. The minimum atomic E-state index is -0.337. The lowest BCUT2D eigenvalue weighted by molar-refractivity contribution is -0.384. The van der Waals surface area contributed by atoms with Gasteiger partial charge in [-0.3, -0.25) is 15.0 Å². The predicted octanol–water partition coefficient (Wildman–Crippen LogP) is 4.44. The topological polar surface area (TPSA) is 49.6 Å². The summed E-state index contributed by atoms with van der Waals surface area (Å²) in [7, 11) is 0. The molecule has 2 aromatic carbocycles. The number of anilines is 1. The van der Waals surface area contributed by atoms with Gasteiger partial charge in [-0.1, -0.05) is 29.8 Å². The van der Waals surface area contributed by atoms with E-state index in [4.69, 9.17) is 11.6 Å². The molecule has 0 spiro atoms. The van der Waals surface area contributed by atoms with Crippen molar-refractivity contribution in [3.63, 3.8) is 0 Å². The largest absolute Gasteiger partial charge is 0.369 e. The fraction of sp³-hybridized carbons (Fsp3) is 0.368. The summed E-state index contributed by atoms with van der Waals surface area (Å²) in [6.07, 6.45) is 0. The van der Waals surface area contributed by atoms with E-state index in [0.29, 0.717) is 0 Å². The molecule has 0 unspecified atom stereocenters. The second-order valence-corrected chi connectivity index (χ2v) is 6.92. The summed E-state index contributed by atoms with van der Waals surface area (Å²) in [6.45, 7) is 7.87. The Morgan fingerprint density at radius 2 is 1.84 bits per heavy atom. The van der Waals surface area contributed by atoms with Crippen LogP contribution in [0.5, 0.6) is 0 Å². The van der Waals surface area contributed by atoms with Crippen LogP contribution in [-0.2, 0) is 0 Å². The SMILES string of the molecule is Cc1ccc(Cl)cc1N1CCN([C@@H](C)c2cccc([N+](=O)[O-])c2)CC1. The van der Waals surface area contributed by atoms with Crippen LogP contribution < -0.4 is 4.90 Å². The van der Waals surface area contributed by atoms with Gasteiger partial charge in [-0.25, -0.2) is 0 Å². The zero-order valence-corrected chi connectivity index (χ0v) is 15.2.